The quantitative estimate of drug-likeness (QED) is 0.360. The second kappa shape index (κ2) is 14.3. The van der Waals surface area contributed by atoms with Crippen molar-refractivity contribution in [2.24, 2.45) is 0 Å². The summed E-state index contributed by atoms with van der Waals surface area (Å²) in [5.74, 6) is -1.38. The van der Waals surface area contributed by atoms with Gasteiger partial charge in [0, 0.05) is 20.0 Å². The molecule has 0 bridgehead atoms. The van der Waals surface area contributed by atoms with Crippen LogP contribution in [0.1, 0.15) is 62.4 Å². The second-order valence-corrected chi connectivity index (χ2v) is 10.6. The number of nitrogens with one attached hydrogen (secondary N) is 2. The first-order valence-corrected chi connectivity index (χ1v) is 13.3. The largest absolute Gasteiger partial charge is 0.508 e. The number of likely N-dealkylation sites (N-methyl/N-ethyl adjacent to an activating group) is 1. The molecule has 2 atom stereocenters. The van der Waals surface area contributed by atoms with Crippen LogP contribution in [0.2, 0.25) is 0 Å². The topological polar surface area (TPSA) is 134 Å². The monoisotopic (exact) mass is 555 g/mol. The molecular weight excluding hydrogens is 514 g/mol. The second-order valence-electron chi connectivity index (χ2n) is 10.6. The average Bonchev–Trinajstić information content (AvgIpc) is 2.85. The lowest BCUT2D eigenvalue weighted by molar-refractivity contribution is -0.143. The number of aromatic hydroxyl groups is 1. The van der Waals surface area contributed by atoms with Gasteiger partial charge in [-0.25, -0.2) is 4.79 Å². The number of phenols is 1. The predicted molar refractivity (Wildman–Crippen MR) is 151 cm³/mol. The molecule has 10 nitrogen and oxygen atoms in total. The van der Waals surface area contributed by atoms with Crippen molar-refractivity contribution in [2.75, 3.05) is 20.2 Å². The van der Waals surface area contributed by atoms with E-state index in [1.807, 2.05) is 26.0 Å². The van der Waals surface area contributed by atoms with Gasteiger partial charge in [0.05, 0.1) is 13.0 Å². The van der Waals surface area contributed by atoms with Crippen LogP contribution in [0.15, 0.2) is 42.5 Å². The lowest BCUT2D eigenvalue weighted by Crippen LogP contribution is -2.52. The van der Waals surface area contributed by atoms with Crippen molar-refractivity contribution in [1.82, 2.24) is 15.5 Å². The van der Waals surface area contributed by atoms with Crippen molar-refractivity contribution in [3.63, 3.8) is 0 Å². The van der Waals surface area contributed by atoms with E-state index in [-0.39, 0.29) is 31.7 Å². The van der Waals surface area contributed by atoms with E-state index in [9.17, 15) is 24.3 Å². The van der Waals surface area contributed by atoms with Crippen molar-refractivity contribution >= 4 is 23.9 Å². The number of benzene rings is 2. The minimum Gasteiger partial charge on any atom is -0.508 e. The Balaban J connectivity index is 2.39. The summed E-state index contributed by atoms with van der Waals surface area (Å²) in [4.78, 5) is 53.1. The molecule has 2 rings (SSSR count). The molecule has 218 valence electrons. The number of nitrogens with zero attached hydrogens (tertiary/aromatic N) is 1. The van der Waals surface area contributed by atoms with Crippen molar-refractivity contribution in [3.8, 4) is 5.75 Å². The highest BCUT2D eigenvalue weighted by Gasteiger charge is 2.34. The number of hydrogen-bond donors (Lipinski definition) is 3. The number of aryl methyl sites for hydroxylation is 2. The molecule has 0 aliphatic rings. The summed E-state index contributed by atoms with van der Waals surface area (Å²) in [7, 11) is 1.49. The predicted octanol–water partition coefficient (Wildman–Crippen LogP) is 3.71. The Labute approximate surface area is 236 Å². The lowest BCUT2D eigenvalue weighted by Gasteiger charge is -2.32. The van der Waals surface area contributed by atoms with Gasteiger partial charge in [0.15, 0.2) is 0 Å². The Bertz CT molecular complexity index is 1190. The van der Waals surface area contributed by atoms with Crippen LogP contribution in [0.5, 0.6) is 5.75 Å². The van der Waals surface area contributed by atoms with E-state index in [1.165, 1.54) is 24.1 Å². The van der Waals surface area contributed by atoms with Gasteiger partial charge in [0.25, 0.3) is 0 Å². The lowest BCUT2D eigenvalue weighted by atomic mass is 9.98. The van der Waals surface area contributed by atoms with Crippen LogP contribution in [0, 0.1) is 13.8 Å². The molecule has 0 heterocycles. The van der Waals surface area contributed by atoms with Gasteiger partial charge in [-0.2, -0.15) is 0 Å². The Morgan fingerprint density at radius 2 is 1.65 bits per heavy atom. The van der Waals surface area contributed by atoms with E-state index in [0.29, 0.717) is 11.1 Å². The van der Waals surface area contributed by atoms with Gasteiger partial charge in [-0.05, 0) is 75.9 Å². The molecule has 40 heavy (non-hydrogen) atoms. The minimum atomic E-state index is -1.08. The fourth-order valence-corrected chi connectivity index (χ4v) is 3.99. The Kier molecular flexibility index (Phi) is 11.5. The highest BCUT2D eigenvalue weighted by atomic mass is 16.6. The zero-order chi connectivity index (χ0) is 30.0. The molecular formula is C30H41N3O7. The van der Waals surface area contributed by atoms with Crippen LogP contribution < -0.4 is 10.6 Å². The molecule has 3 N–H and O–H groups in total. The summed E-state index contributed by atoms with van der Waals surface area (Å²) < 4.78 is 10.3. The van der Waals surface area contributed by atoms with Gasteiger partial charge in [-0.1, -0.05) is 30.3 Å². The van der Waals surface area contributed by atoms with Gasteiger partial charge in [0.1, 0.15) is 23.4 Å². The number of carbonyl (C=O) groups is 4. The summed E-state index contributed by atoms with van der Waals surface area (Å²) in [6.45, 7) is 11.0. The molecule has 0 aliphatic carbocycles. The van der Waals surface area contributed by atoms with E-state index in [0.717, 1.165) is 11.1 Å². The zero-order valence-corrected chi connectivity index (χ0v) is 24.4. The number of rotatable bonds is 11. The van der Waals surface area contributed by atoms with Crippen molar-refractivity contribution in [3.05, 3.63) is 64.7 Å². The molecule has 0 saturated carbocycles. The van der Waals surface area contributed by atoms with Crippen LogP contribution in [0.25, 0.3) is 0 Å². The SMILES string of the molecule is CCOC(=O)CCNC(=O)C(c1ccc(C)c(C)c1)N(C)C(=O)C(Cc1ccc(O)cc1)NC(=O)OC(C)(C)C. The Morgan fingerprint density at radius 3 is 2.23 bits per heavy atom. The van der Waals surface area contributed by atoms with E-state index in [1.54, 1.807) is 45.9 Å². The average molecular weight is 556 g/mol. The van der Waals surface area contributed by atoms with Gasteiger partial charge in [0.2, 0.25) is 11.8 Å². The van der Waals surface area contributed by atoms with E-state index < -0.39 is 41.6 Å². The fourth-order valence-electron chi connectivity index (χ4n) is 3.99. The molecule has 0 aliphatic heterocycles. The van der Waals surface area contributed by atoms with Gasteiger partial charge in [-0.3, -0.25) is 14.4 Å². The summed E-state index contributed by atoms with van der Waals surface area (Å²) >= 11 is 0. The number of carbonyl (C=O) groups excluding carboxylic acids is 4. The van der Waals surface area contributed by atoms with E-state index in [4.69, 9.17) is 9.47 Å². The van der Waals surface area contributed by atoms with Crippen LogP contribution >= 0.6 is 0 Å². The van der Waals surface area contributed by atoms with Crippen molar-refractivity contribution in [2.45, 2.75) is 72.1 Å². The molecule has 2 unspecified atom stereocenters. The third kappa shape index (κ3) is 9.91. The molecule has 0 radical (unpaired) electrons. The summed E-state index contributed by atoms with van der Waals surface area (Å²) in [6, 6.07) is 9.64. The smallest absolute Gasteiger partial charge is 0.408 e. The first kappa shape index (κ1) is 32.1. The first-order valence-electron chi connectivity index (χ1n) is 13.3. The zero-order valence-electron chi connectivity index (χ0n) is 24.4. The molecule has 0 spiro atoms. The molecule has 2 aromatic carbocycles. The maximum atomic E-state index is 13.9. The van der Waals surface area contributed by atoms with E-state index in [2.05, 4.69) is 10.6 Å². The maximum absolute atomic E-state index is 13.9. The minimum absolute atomic E-state index is 0.0133. The maximum Gasteiger partial charge on any atom is 0.408 e. The standard InChI is InChI=1S/C30H41N3O7/c1-8-39-25(35)15-16-31-27(36)26(22-12-9-19(2)20(3)17-22)33(7)28(37)24(32-29(38)40-30(4,5)6)18-21-10-13-23(34)14-11-21/h9-14,17,24,26,34H,8,15-16,18H2,1-7H3,(H,31,36)(H,32,38). The molecule has 2 aromatic rings. The number of hydrogen-bond acceptors (Lipinski definition) is 7. The number of ether oxygens (including phenoxy) is 2. The first-order chi connectivity index (χ1) is 18.7. The fraction of sp³-hybridized carbons (Fsp3) is 0.467. The highest BCUT2D eigenvalue weighted by molar-refractivity contribution is 5.92. The van der Waals surface area contributed by atoms with Gasteiger partial charge in [-0.15, -0.1) is 0 Å². The summed E-state index contributed by atoms with van der Waals surface area (Å²) in [5, 5.41) is 15.0. The number of esters is 1. The normalized spacial score (nSPS) is 12.6. The van der Waals surface area contributed by atoms with Crippen LogP contribution in [-0.2, 0) is 30.3 Å². The molecule has 0 fully saturated rings. The number of phenolic OH excluding ortho intramolecular Hbond substituents is 1. The highest BCUT2D eigenvalue weighted by Crippen LogP contribution is 2.24. The number of amides is 3. The molecule has 0 saturated heterocycles. The van der Waals surface area contributed by atoms with Crippen molar-refractivity contribution in [1.29, 1.82) is 0 Å². The third-order valence-corrected chi connectivity index (χ3v) is 6.13. The van der Waals surface area contributed by atoms with Gasteiger partial charge >= 0.3 is 12.1 Å². The third-order valence-electron chi connectivity index (χ3n) is 6.13. The Morgan fingerprint density at radius 1 is 1.00 bits per heavy atom. The van der Waals surface area contributed by atoms with Crippen LogP contribution in [-0.4, -0.2) is 65.7 Å². The molecule has 3 amide bonds. The summed E-state index contributed by atoms with van der Waals surface area (Å²) in [6.07, 6.45) is -0.701. The number of alkyl carbamates (subject to hydrolysis) is 1. The van der Waals surface area contributed by atoms with Crippen molar-refractivity contribution < 1.29 is 33.8 Å². The Hall–Kier alpha value is -4.08. The van der Waals surface area contributed by atoms with Crippen LogP contribution in [0.4, 0.5) is 4.79 Å². The van der Waals surface area contributed by atoms with Gasteiger partial charge < -0.3 is 30.1 Å². The van der Waals surface area contributed by atoms with Crippen LogP contribution in [0.3, 0.4) is 0 Å². The summed E-state index contributed by atoms with van der Waals surface area (Å²) in [5.41, 5.74) is 2.43. The van der Waals surface area contributed by atoms with E-state index >= 15 is 0 Å². The molecule has 10 heteroatoms. The molecule has 0 aromatic heterocycles.